The summed E-state index contributed by atoms with van der Waals surface area (Å²) in [6, 6.07) is 3.84. The zero-order valence-electron chi connectivity index (χ0n) is 10.8. The molecule has 0 aromatic carbocycles. The Morgan fingerprint density at radius 1 is 1.42 bits per heavy atom. The van der Waals surface area contributed by atoms with E-state index in [-0.39, 0.29) is 0 Å². The molecule has 0 fully saturated rings. The molecule has 1 aliphatic rings. The average molecular weight is 276 g/mol. The van der Waals surface area contributed by atoms with Crippen molar-refractivity contribution >= 4 is 17.3 Å². The second-order valence-corrected chi connectivity index (χ2v) is 5.78. The van der Waals surface area contributed by atoms with E-state index in [0.717, 1.165) is 36.6 Å². The molecule has 0 aliphatic carbocycles. The molecule has 0 bridgehead atoms. The lowest BCUT2D eigenvalue weighted by atomic mass is 10.0. The summed E-state index contributed by atoms with van der Waals surface area (Å²) in [5.74, 6) is -0.814. The van der Waals surface area contributed by atoms with Gasteiger partial charge in [0.15, 0.2) is 0 Å². The molecule has 1 aliphatic heterocycles. The van der Waals surface area contributed by atoms with Gasteiger partial charge in [-0.15, -0.1) is 11.3 Å². The first kappa shape index (κ1) is 12.4. The number of rotatable bonds is 3. The van der Waals surface area contributed by atoms with E-state index in [1.165, 1.54) is 4.88 Å². The molecule has 0 saturated heterocycles. The predicted octanol–water partition coefficient (Wildman–Crippen LogP) is 2.62. The monoisotopic (exact) mass is 276 g/mol. The highest BCUT2D eigenvalue weighted by Gasteiger charge is 2.27. The normalized spacial score (nSPS) is 15.4. The predicted molar refractivity (Wildman–Crippen MR) is 75.3 cm³/mol. The van der Waals surface area contributed by atoms with E-state index in [9.17, 15) is 9.90 Å². The molecular weight excluding hydrogens is 260 g/mol. The highest BCUT2D eigenvalue weighted by atomic mass is 32.1. The Hall–Kier alpha value is -1.59. The number of carboxylic acids is 1. The molecule has 0 saturated carbocycles. The largest absolute Gasteiger partial charge is 0.478 e. The SMILES string of the molecule is CCN1CCc2c(sc(-n3cccc3)c2C(=O)O)C1. The van der Waals surface area contributed by atoms with Gasteiger partial charge in [-0.1, -0.05) is 6.92 Å². The number of hydrogen-bond acceptors (Lipinski definition) is 3. The van der Waals surface area contributed by atoms with E-state index < -0.39 is 5.97 Å². The zero-order valence-corrected chi connectivity index (χ0v) is 11.6. The Balaban J connectivity index is 2.11. The van der Waals surface area contributed by atoms with Crippen molar-refractivity contribution in [2.75, 3.05) is 13.1 Å². The van der Waals surface area contributed by atoms with Crippen molar-refractivity contribution in [2.45, 2.75) is 19.9 Å². The fourth-order valence-electron chi connectivity index (χ4n) is 2.58. The lowest BCUT2D eigenvalue weighted by Gasteiger charge is -2.25. The lowest BCUT2D eigenvalue weighted by Crippen LogP contribution is -2.29. The summed E-state index contributed by atoms with van der Waals surface area (Å²) in [7, 11) is 0. The number of hydrogen-bond donors (Lipinski definition) is 1. The van der Waals surface area contributed by atoms with Gasteiger partial charge in [-0.05, 0) is 30.7 Å². The Kier molecular flexibility index (Phi) is 3.16. The second kappa shape index (κ2) is 4.83. The van der Waals surface area contributed by atoms with Crippen LogP contribution in [0, 0.1) is 0 Å². The molecule has 3 rings (SSSR count). The Morgan fingerprint density at radius 2 is 2.16 bits per heavy atom. The van der Waals surface area contributed by atoms with Gasteiger partial charge in [0.2, 0.25) is 0 Å². The highest BCUT2D eigenvalue weighted by Crippen LogP contribution is 2.35. The first-order chi connectivity index (χ1) is 9.20. The topological polar surface area (TPSA) is 45.5 Å². The summed E-state index contributed by atoms with van der Waals surface area (Å²) in [5, 5.41) is 10.3. The van der Waals surface area contributed by atoms with E-state index in [1.54, 1.807) is 11.3 Å². The zero-order chi connectivity index (χ0) is 13.4. The minimum Gasteiger partial charge on any atom is -0.478 e. The molecule has 5 heteroatoms. The molecule has 0 atom stereocenters. The molecule has 0 unspecified atom stereocenters. The summed E-state index contributed by atoms with van der Waals surface area (Å²) in [4.78, 5) is 15.1. The van der Waals surface area contributed by atoms with Crippen LogP contribution in [0.1, 0.15) is 27.7 Å². The maximum absolute atomic E-state index is 11.6. The number of fused-ring (bicyclic) bond motifs is 1. The molecule has 0 spiro atoms. The van der Waals surface area contributed by atoms with E-state index >= 15 is 0 Å². The Labute approximate surface area is 115 Å². The lowest BCUT2D eigenvalue weighted by molar-refractivity contribution is 0.0695. The first-order valence-electron chi connectivity index (χ1n) is 6.44. The van der Waals surface area contributed by atoms with Crippen LogP contribution in [-0.4, -0.2) is 33.6 Å². The van der Waals surface area contributed by atoms with Gasteiger partial charge in [0.1, 0.15) is 5.00 Å². The molecule has 0 amide bonds. The van der Waals surface area contributed by atoms with Crippen molar-refractivity contribution in [2.24, 2.45) is 0 Å². The van der Waals surface area contributed by atoms with Crippen LogP contribution in [0.2, 0.25) is 0 Å². The van der Waals surface area contributed by atoms with Crippen LogP contribution < -0.4 is 0 Å². The van der Waals surface area contributed by atoms with E-state index in [0.29, 0.717) is 5.56 Å². The third kappa shape index (κ3) is 2.09. The van der Waals surface area contributed by atoms with E-state index in [2.05, 4.69) is 11.8 Å². The standard InChI is InChI=1S/C14H16N2O2S/c1-2-15-8-5-10-11(9-15)19-13(12(10)14(17)18)16-6-3-4-7-16/h3-4,6-7H,2,5,8-9H2,1H3,(H,17,18). The quantitative estimate of drug-likeness (QED) is 0.937. The molecule has 2 aromatic rings. The van der Waals surface area contributed by atoms with Gasteiger partial charge >= 0.3 is 5.97 Å². The highest BCUT2D eigenvalue weighted by molar-refractivity contribution is 7.15. The molecule has 100 valence electrons. The molecule has 0 radical (unpaired) electrons. The van der Waals surface area contributed by atoms with E-state index in [4.69, 9.17) is 0 Å². The molecular formula is C14H16N2O2S. The number of carboxylic acid groups (broad SMARTS) is 1. The van der Waals surface area contributed by atoms with Gasteiger partial charge in [0.25, 0.3) is 0 Å². The fraction of sp³-hybridized carbons (Fsp3) is 0.357. The van der Waals surface area contributed by atoms with Gasteiger partial charge < -0.3 is 9.67 Å². The number of aromatic nitrogens is 1. The van der Waals surface area contributed by atoms with E-state index in [1.807, 2.05) is 29.1 Å². The summed E-state index contributed by atoms with van der Waals surface area (Å²) in [6.45, 7) is 4.98. The van der Waals surface area contributed by atoms with Crippen molar-refractivity contribution in [1.29, 1.82) is 0 Å². The number of carbonyl (C=O) groups is 1. The van der Waals surface area contributed by atoms with Crippen LogP contribution >= 0.6 is 11.3 Å². The van der Waals surface area contributed by atoms with Gasteiger partial charge in [0, 0.05) is 30.4 Å². The summed E-state index contributed by atoms with van der Waals surface area (Å²) in [6.07, 6.45) is 4.64. The third-order valence-electron chi connectivity index (χ3n) is 3.62. The number of nitrogens with zero attached hydrogens (tertiary/aromatic N) is 2. The minimum absolute atomic E-state index is 0.493. The summed E-state index contributed by atoms with van der Waals surface area (Å²) < 4.78 is 1.91. The Bertz CT molecular complexity index is 601. The maximum atomic E-state index is 11.6. The smallest absolute Gasteiger partial charge is 0.339 e. The van der Waals surface area contributed by atoms with Gasteiger partial charge in [-0.25, -0.2) is 4.79 Å². The van der Waals surface area contributed by atoms with Crippen LogP contribution in [0.3, 0.4) is 0 Å². The first-order valence-corrected chi connectivity index (χ1v) is 7.26. The van der Waals surface area contributed by atoms with Gasteiger partial charge in [-0.3, -0.25) is 4.90 Å². The fourth-order valence-corrected chi connectivity index (χ4v) is 3.93. The van der Waals surface area contributed by atoms with Crippen molar-refractivity contribution in [1.82, 2.24) is 9.47 Å². The molecule has 4 nitrogen and oxygen atoms in total. The van der Waals surface area contributed by atoms with Crippen molar-refractivity contribution < 1.29 is 9.90 Å². The van der Waals surface area contributed by atoms with Gasteiger partial charge in [0.05, 0.1) is 5.56 Å². The molecule has 3 heterocycles. The van der Waals surface area contributed by atoms with Crippen molar-refractivity contribution in [3.05, 3.63) is 40.5 Å². The van der Waals surface area contributed by atoms with Crippen LogP contribution in [-0.2, 0) is 13.0 Å². The summed E-state index contributed by atoms with van der Waals surface area (Å²) in [5.41, 5.74) is 1.53. The molecule has 2 aromatic heterocycles. The van der Waals surface area contributed by atoms with Crippen molar-refractivity contribution in [3.63, 3.8) is 0 Å². The minimum atomic E-state index is -0.814. The number of aromatic carboxylic acids is 1. The van der Waals surface area contributed by atoms with Crippen LogP contribution in [0.4, 0.5) is 0 Å². The van der Waals surface area contributed by atoms with Gasteiger partial charge in [-0.2, -0.15) is 0 Å². The summed E-state index contributed by atoms with van der Waals surface area (Å²) >= 11 is 1.61. The average Bonchev–Trinajstić information content (AvgIpc) is 3.04. The number of thiophene rings is 1. The Morgan fingerprint density at radius 3 is 2.79 bits per heavy atom. The maximum Gasteiger partial charge on any atom is 0.339 e. The third-order valence-corrected chi connectivity index (χ3v) is 4.85. The van der Waals surface area contributed by atoms with Crippen LogP contribution in [0.5, 0.6) is 0 Å². The second-order valence-electron chi connectivity index (χ2n) is 4.70. The number of likely N-dealkylation sites (N-methyl/N-ethyl adjacent to an activating group) is 1. The molecule has 19 heavy (non-hydrogen) atoms. The molecule has 1 N–H and O–H groups in total. The van der Waals surface area contributed by atoms with Crippen LogP contribution in [0.15, 0.2) is 24.5 Å². The van der Waals surface area contributed by atoms with Crippen molar-refractivity contribution in [3.8, 4) is 5.00 Å². The van der Waals surface area contributed by atoms with Crippen LogP contribution in [0.25, 0.3) is 5.00 Å².